The number of rotatable bonds is 6. The quantitative estimate of drug-likeness (QED) is 0.516. The minimum Gasteiger partial charge on any atom is -0.497 e. The van der Waals surface area contributed by atoms with Crippen LogP contribution in [0.1, 0.15) is 38.7 Å². The summed E-state index contributed by atoms with van der Waals surface area (Å²) in [5, 5.41) is 3.82. The first-order chi connectivity index (χ1) is 15.3. The zero-order valence-corrected chi connectivity index (χ0v) is 20.4. The van der Waals surface area contributed by atoms with Crippen LogP contribution < -0.4 is 10.1 Å². The van der Waals surface area contributed by atoms with Crippen LogP contribution >= 0.6 is 12.2 Å². The van der Waals surface area contributed by atoms with Gasteiger partial charge in [-0.15, -0.1) is 0 Å². The van der Waals surface area contributed by atoms with E-state index in [9.17, 15) is 9.59 Å². The van der Waals surface area contributed by atoms with E-state index < -0.39 is 6.04 Å². The highest BCUT2D eigenvalue weighted by atomic mass is 32.1. The maximum atomic E-state index is 12.8. The number of carbonyl (C=O) groups excluding carboxylic acids is 2. The Kier molecular flexibility index (Phi) is 7.98. The van der Waals surface area contributed by atoms with Crippen LogP contribution in [0.4, 0.5) is 0 Å². The molecule has 0 bridgehead atoms. The fourth-order valence-corrected chi connectivity index (χ4v) is 4.95. The average molecular weight is 462 g/mol. The Morgan fingerprint density at radius 1 is 1.12 bits per heavy atom. The summed E-state index contributed by atoms with van der Waals surface area (Å²) in [4.78, 5) is 29.0. The third kappa shape index (κ3) is 5.71. The van der Waals surface area contributed by atoms with Crippen molar-refractivity contribution in [3.63, 3.8) is 0 Å². The number of nitrogens with one attached hydrogen (secondary N) is 1. The molecule has 1 spiro atoms. The molecule has 2 saturated heterocycles. The van der Waals surface area contributed by atoms with E-state index in [4.69, 9.17) is 21.7 Å². The zero-order valence-electron chi connectivity index (χ0n) is 19.6. The van der Waals surface area contributed by atoms with Crippen molar-refractivity contribution in [1.82, 2.24) is 15.1 Å². The molecule has 7 nitrogen and oxygen atoms in total. The van der Waals surface area contributed by atoms with Crippen molar-refractivity contribution in [1.29, 1.82) is 0 Å². The van der Waals surface area contributed by atoms with E-state index in [0.717, 1.165) is 56.8 Å². The number of esters is 1. The monoisotopic (exact) mass is 461 g/mol. The summed E-state index contributed by atoms with van der Waals surface area (Å²) >= 11 is 5.62. The predicted molar refractivity (Wildman–Crippen MR) is 128 cm³/mol. The lowest BCUT2D eigenvalue weighted by molar-refractivity contribution is -0.143. The minimum absolute atomic E-state index is 0.0794. The fraction of sp³-hybridized carbons (Fsp3) is 0.625. The lowest BCUT2D eigenvalue weighted by Gasteiger charge is -2.39. The number of methoxy groups -OCH3 is 2. The first-order valence-electron chi connectivity index (χ1n) is 11.3. The Bertz CT molecular complexity index is 836. The number of hydrogen-bond acceptors (Lipinski definition) is 5. The van der Waals surface area contributed by atoms with Crippen LogP contribution in [0.2, 0.25) is 0 Å². The van der Waals surface area contributed by atoms with Crippen molar-refractivity contribution in [3.8, 4) is 5.75 Å². The number of thiocarbonyl (C=S) groups is 1. The molecule has 1 amide bonds. The molecule has 0 radical (unpaired) electrons. The summed E-state index contributed by atoms with van der Waals surface area (Å²) in [6.07, 6.45) is 3.40. The first-order valence-corrected chi connectivity index (χ1v) is 11.7. The van der Waals surface area contributed by atoms with Gasteiger partial charge in [-0.3, -0.25) is 4.79 Å². The van der Waals surface area contributed by atoms with E-state index in [0.29, 0.717) is 11.5 Å². The van der Waals surface area contributed by atoms with Gasteiger partial charge >= 0.3 is 5.97 Å². The predicted octanol–water partition coefficient (Wildman–Crippen LogP) is 2.62. The Balaban J connectivity index is 1.51. The third-order valence-electron chi connectivity index (χ3n) is 6.79. The van der Waals surface area contributed by atoms with Gasteiger partial charge in [0.2, 0.25) is 5.91 Å². The maximum Gasteiger partial charge on any atom is 0.328 e. The normalized spacial score (nSPS) is 18.5. The van der Waals surface area contributed by atoms with E-state index in [-0.39, 0.29) is 23.2 Å². The Morgan fingerprint density at radius 3 is 2.38 bits per heavy atom. The highest BCUT2D eigenvalue weighted by Crippen LogP contribution is 2.40. The Hall–Kier alpha value is -2.35. The second kappa shape index (κ2) is 10.5. The molecule has 2 fully saturated rings. The number of hydrogen-bond donors (Lipinski definition) is 1. The summed E-state index contributed by atoms with van der Waals surface area (Å²) in [6.45, 7) is 7.22. The second-order valence-electron chi connectivity index (χ2n) is 9.27. The number of amides is 1. The molecule has 2 aliphatic heterocycles. The molecule has 8 heteroatoms. The summed E-state index contributed by atoms with van der Waals surface area (Å²) in [5.74, 6) is 0.725. The molecule has 1 N–H and O–H groups in total. The molecule has 32 heavy (non-hydrogen) atoms. The topological polar surface area (TPSA) is 71.1 Å². The van der Waals surface area contributed by atoms with Crippen LogP contribution in [-0.2, 0) is 20.7 Å². The van der Waals surface area contributed by atoms with Crippen molar-refractivity contribution in [2.24, 2.45) is 11.3 Å². The van der Waals surface area contributed by atoms with E-state index >= 15 is 0 Å². The van der Waals surface area contributed by atoms with E-state index in [1.54, 1.807) is 7.11 Å². The number of ether oxygens (including phenoxy) is 2. The van der Waals surface area contributed by atoms with Gasteiger partial charge in [0.25, 0.3) is 0 Å². The molecule has 1 aromatic carbocycles. The van der Waals surface area contributed by atoms with Crippen molar-refractivity contribution >= 4 is 29.2 Å². The van der Waals surface area contributed by atoms with Crippen molar-refractivity contribution in [2.45, 2.75) is 45.6 Å². The minimum atomic E-state index is -0.444. The molecular weight excluding hydrogens is 426 g/mol. The maximum absolute atomic E-state index is 12.8. The highest BCUT2D eigenvalue weighted by Gasteiger charge is 2.42. The van der Waals surface area contributed by atoms with Crippen LogP contribution in [-0.4, -0.2) is 73.2 Å². The SMILES string of the molecule is COC(=O)C(NC(=S)N1CCC2(CCN(C(=O)Cc3cccc(OC)c3)CC2)C1)C(C)C. The molecule has 0 saturated carbocycles. The van der Waals surface area contributed by atoms with Crippen molar-refractivity contribution < 1.29 is 19.1 Å². The lowest BCUT2D eigenvalue weighted by atomic mass is 9.77. The number of benzene rings is 1. The van der Waals surface area contributed by atoms with E-state index in [1.807, 2.05) is 43.0 Å². The summed E-state index contributed by atoms with van der Waals surface area (Å²) < 4.78 is 10.2. The second-order valence-corrected chi connectivity index (χ2v) is 9.66. The molecule has 0 aromatic heterocycles. The van der Waals surface area contributed by atoms with Gasteiger partial charge in [0.05, 0.1) is 20.6 Å². The number of likely N-dealkylation sites (tertiary alicyclic amines) is 2. The average Bonchev–Trinajstić information content (AvgIpc) is 3.20. The smallest absolute Gasteiger partial charge is 0.328 e. The van der Waals surface area contributed by atoms with Crippen LogP contribution in [0.25, 0.3) is 0 Å². The van der Waals surface area contributed by atoms with E-state index in [1.165, 1.54) is 7.11 Å². The number of carbonyl (C=O) groups is 2. The van der Waals surface area contributed by atoms with Gasteiger partial charge in [0.1, 0.15) is 11.8 Å². The fourth-order valence-electron chi connectivity index (χ4n) is 4.66. The molecule has 1 unspecified atom stereocenters. The number of nitrogens with zero attached hydrogens (tertiary/aromatic N) is 2. The van der Waals surface area contributed by atoms with Crippen LogP contribution in [0.5, 0.6) is 5.75 Å². The van der Waals surface area contributed by atoms with Crippen LogP contribution in [0.15, 0.2) is 24.3 Å². The number of piperidine rings is 1. The summed E-state index contributed by atoms with van der Waals surface area (Å²) in [5.41, 5.74) is 1.15. The molecule has 1 aromatic rings. The van der Waals surface area contributed by atoms with E-state index in [2.05, 4.69) is 10.2 Å². The van der Waals surface area contributed by atoms with Gasteiger partial charge < -0.3 is 24.6 Å². The summed E-state index contributed by atoms with van der Waals surface area (Å²) in [7, 11) is 3.03. The standard InChI is InChI=1S/C24H35N3O4S/c1-17(2)21(22(29)31-4)25-23(32)27-13-10-24(16-27)8-11-26(12-9-24)20(28)15-18-6-5-7-19(14-18)30-3/h5-7,14,17,21H,8-13,15-16H2,1-4H3,(H,25,32). The molecule has 176 valence electrons. The third-order valence-corrected chi connectivity index (χ3v) is 7.17. The molecule has 1 atom stereocenters. The zero-order chi connectivity index (χ0) is 23.3. The largest absolute Gasteiger partial charge is 0.497 e. The lowest BCUT2D eigenvalue weighted by Crippen LogP contribution is -2.51. The molecule has 0 aliphatic carbocycles. The molecule has 2 aliphatic rings. The van der Waals surface area contributed by atoms with Gasteiger partial charge in [-0.1, -0.05) is 26.0 Å². The van der Waals surface area contributed by atoms with Crippen LogP contribution in [0, 0.1) is 11.3 Å². The Labute approximate surface area is 196 Å². The van der Waals surface area contributed by atoms with Gasteiger partial charge in [-0.2, -0.15) is 0 Å². The Morgan fingerprint density at radius 2 is 1.78 bits per heavy atom. The van der Waals surface area contributed by atoms with Gasteiger partial charge in [0, 0.05) is 26.2 Å². The van der Waals surface area contributed by atoms with Gasteiger partial charge in [-0.25, -0.2) is 4.79 Å². The first kappa shape index (κ1) is 24.3. The van der Waals surface area contributed by atoms with Crippen LogP contribution in [0.3, 0.4) is 0 Å². The molecule has 3 rings (SSSR count). The van der Waals surface area contributed by atoms with Crippen molar-refractivity contribution in [3.05, 3.63) is 29.8 Å². The summed E-state index contributed by atoms with van der Waals surface area (Å²) in [6, 6.07) is 7.25. The van der Waals surface area contributed by atoms with Gasteiger partial charge in [0.15, 0.2) is 5.11 Å². The highest BCUT2D eigenvalue weighted by molar-refractivity contribution is 7.80. The molecular formula is C24H35N3O4S. The molecule has 2 heterocycles. The van der Waals surface area contributed by atoms with Gasteiger partial charge in [-0.05, 0) is 60.5 Å². The van der Waals surface area contributed by atoms with Crippen molar-refractivity contribution in [2.75, 3.05) is 40.4 Å².